The van der Waals surface area contributed by atoms with Crippen molar-refractivity contribution in [3.8, 4) is 0 Å². The molecular weight excluding hydrogens is 198 g/mol. The first kappa shape index (κ1) is 10.3. The van der Waals surface area contributed by atoms with Crippen LogP contribution in [0, 0.1) is 5.92 Å². The van der Waals surface area contributed by atoms with Gasteiger partial charge in [-0.3, -0.25) is 0 Å². The Labute approximate surface area is 74.4 Å². The van der Waals surface area contributed by atoms with Gasteiger partial charge in [-0.15, -0.1) is 0 Å². The summed E-state index contributed by atoms with van der Waals surface area (Å²) in [7, 11) is 0. The van der Waals surface area contributed by atoms with E-state index >= 15 is 0 Å². The molecule has 0 aliphatic heterocycles. The third-order valence-electron chi connectivity index (χ3n) is 0.951. The van der Waals surface area contributed by atoms with Crippen molar-refractivity contribution in [3.05, 3.63) is 0 Å². The number of hydrogen-bond acceptors (Lipinski definition) is 2. The summed E-state index contributed by atoms with van der Waals surface area (Å²) in [5.41, 5.74) is 0. The highest BCUT2D eigenvalue weighted by molar-refractivity contribution is 6.67. The highest BCUT2D eigenvalue weighted by Gasteiger charge is 2.28. The zero-order valence-corrected chi connectivity index (χ0v) is 7.50. The molecule has 1 radical (unpaired) electrons. The van der Waals surface area contributed by atoms with Crippen LogP contribution in [-0.2, 0) is 9.53 Å². The number of halogens is 3. The predicted octanol–water partition coefficient (Wildman–Crippen LogP) is 2.08. The fourth-order valence-corrected chi connectivity index (χ4v) is 0.442. The van der Waals surface area contributed by atoms with E-state index in [0.29, 0.717) is 0 Å². The zero-order chi connectivity index (χ0) is 8.20. The van der Waals surface area contributed by atoms with E-state index in [4.69, 9.17) is 34.8 Å². The fraction of sp³-hybridized carbons (Fsp3) is 0.800. The van der Waals surface area contributed by atoms with Crippen molar-refractivity contribution >= 4 is 41.3 Å². The summed E-state index contributed by atoms with van der Waals surface area (Å²) in [6.45, 7) is 2.97. The average Bonchev–Trinajstić information content (AvgIpc) is 1.80. The molecule has 0 aromatic heterocycles. The molecule has 0 fully saturated rings. The van der Waals surface area contributed by atoms with Crippen molar-refractivity contribution in [2.75, 3.05) is 6.61 Å². The van der Waals surface area contributed by atoms with Crippen molar-refractivity contribution in [1.29, 1.82) is 0 Å². The molecule has 1 atom stereocenters. The molecule has 5 heteroatoms. The molecule has 0 saturated carbocycles. The van der Waals surface area contributed by atoms with Crippen LogP contribution in [0.25, 0.3) is 0 Å². The second kappa shape index (κ2) is 4.27. The summed E-state index contributed by atoms with van der Waals surface area (Å²) in [5.74, 6) is -0.320. The molecule has 0 N–H and O–H groups in total. The van der Waals surface area contributed by atoms with E-state index in [0.717, 1.165) is 0 Å². The molecule has 2 nitrogen and oxygen atoms in total. The van der Waals surface area contributed by atoms with Crippen molar-refractivity contribution in [2.24, 2.45) is 5.92 Å². The molecule has 0 aliphatic carbocycles. The molecular formula is C5H6Cl3O2. The van der Waals surface area contributed by atoms with E-state index in [9.17, 15) is 4.79 Å². The summed E-state index contributed by atoms with van der Waals surface area (Å²) < 4.78 is 2.88. The standard InChI is InChI=1S/C5H6Cl3O2/c1-4(2-10-3-9)5(6,7)8/h4H,2H2,1H3. The average molecular weight is 204 g/mol. The number of rotatable bonds is 3. The van der Waals surface area contributed by atoms with Gasteiger partial charge in [0.1, 0.15) is 0 Å². The number of alkyl halides is 3. The number of hydrogen-bond donors (Lipinski definition) is 0. The van der Waals surface area contributed by atoms with Crippen molar-refractivity contribution in [3.63, 3.8) is 0 Å². The van der Waals surface area contributed by atoms with Crippen LogP contribution >= 0.6 is 34.8 Å². The maximum atomic E-state index is 9.56. The van der Waals surface area contributed by atoms with Crippen LogP contribution in [0.1, 0.15) is 6.92 Å². The lowest BCUT2D eigenvalue weighted by molar-refractivity contribution is 0.233. The van der Waals surface area contributed by atoms with Crippen LogP contribution in [0.5, 0.6) is 0 Å². The van der Waals surface area contributed by atoms with E-state index in [2.05, 4.69) is 4.74 Å². The second-order valence-corrected chi connectivity index (χ2v) is 4.21. The molecule has 1 unspecified atom stereocenters. The lowest BCUT2D eigenvalue weighted by atomic mass is 10.2. The minimum Gasteiger partial charge on any atom is -0.457 e. The van der Waals surface area contributed by atoms with Gasteiger partial charge in [0.05, 0.1) is 6.61 Å². The summed E-state index contributed by atoms with van der Waals surface area (Å²) in [6, 6.07) is 0. The summed E-state index contributed by atoms with van der Waals surface area (Å²) in [4.78, 5) is 9.56. The van der Waals surface area contributed by atoms with Gasteiger partial charge in [-0.05, 0) is 0 Å². The minimum atomic E-state index is -1.38. The maximum Gasteiger partial charge on any atom is 0.417 e. The largest absolute Gasteiger partial charge is 0.457 e. The lowest BCUT2D eigenvalue weighted by Crippen LogP contribution is -2.20. The Bertz CT molecular complexity index is 110. The molecule has 0 rings (SSSR count). The molecule has 0 spiro atoms. The predicted molar refractivity (Wildman–Crippen MR) is 41.1 cm³/mol. The fourth-order valence-electron chi connectivity index (χ4n) is 0.254. The molecule has 59 valence electrons. The van der Waals surface area contributed by atoms with E-state index in [1.165, 1.54) is 6.47 Å². The van der Waals surface area contributed by atoms with Gasteiger partial charge in [-0.25, -0.2) is 4.79 Å². The van der Waals surface area contributed by atoms with Gasteiger partial charge in [0, 0.05) is 5.92 Å². The van der Waals surface area contributed by atoms with Gasteiger partial charge in [-0.2, -0.15) is 0 Å². The van der Waals surface area contributed by atoms with E-state index in [1.807, 2.05) is 0 Å². The minimum absolute atomic E-state index is 0.0694. The first-order chi connectivity index (χ1) is 4.48. The number of ether oxygens (including phenoxy) is 1. The second-order valence-electron chi connectivity index (χ2n) is 1.84. The Morgan fingerprint density at radius 1 is 1.60 bits per heavy atom. The Hall–Kier alpha value is 0.340. The molecule has 0 aliphatic rings. The third kappa shape index (κ3) is 4.20. The molecule has 0 heterocycles. The Morgan fingerprint density at radius 3 is 2.40 bits per heavy atom. The van der Waals surface area contributed by atoms with Gasteiger partial charge in [0.15, 0.2) is 3.79 Å². The highest BCUT2D eigenvalue weighted by atomic mass is 35.6. The van der Waals surface area contributed by atoms with Crippen LogP contribution in [0.15, 0.2) is 0 Å². The smallest absolute Gasteiger partial charge is 0.417 e. The monoisotopic (exact) mass is 203 g/mol. The lowest BCUT2D eigenvalue weighted by Gasteiger charge is -2.17. The van der Waals surface area contributed by atoms with E-state index < -0.39 is 3.79 Å². The van der Waals surface area contributed by atoms with Gasteiger partial charge >= 0.3 is 6.47 Å². The van der Waals surface area contributed by atoms with Crippen LogP contribution in [0.2, 0.25) is 0 Å². The molecule has 0 amide bonds. The molecule has 0 bridgehead atoms. The third-order valence-corrected chi connectivity index (χ3v) is 2.07. The summed E-state index contributed by atoms with van der Waals surface area (Å²) in [5, 5.41) is 0. The quantitative estimate of drug-likeness (QED) is 0.658. The Balaban J connectivity index is 3.61. The van der Waals surface area contributed by atoms with Crippen molar-refractivity contribution in [1.82, 2.24) is 0 Å². The topological polar surface area (TPSA) is 26.3 Å². The summed E-state index contributed by atoms with van der Waals surface area (Å²) in [6.07, 6.45) is 0. The Kier molecular flexibility index (Phi) is 4.41. The zero-order valence-electron chi connectivity index (χ0n) is 5.23. The van der Waals surface area contributed by atoms with Gasteiger partial charge in [0.25, 0.3) is 0 Å². The normalized spacial score (nSPS) is 14.4. The first-order valence-electron chi connectivity index (χ1n) is 2.54. The van der Waals surface area contributed by atoms with Crippen LogP contribution in [0.4, 0.5) is 0 Å². The number of carbonyl (C=O) groups excluding carboxylic acids is 1. The van der Waals surface area contributed by atoms with E-state index in [1.54, 1.807) is 6.92 Å². The van der Waals surface area contributed by atoms with Crippen LogP contribution in [-0.4, -0.2) is 16.9 Å². The van der Waals surface area contributed by atoms with Gasteiger partial charge < -0.3 is 4.74 Å². The van der Waals surface area contributed by atoms with Crippen LogP contribution < -0.4 is 0 Å². The van der Waals surface area contributed by atoms with Crippen molar-refractivity contribution < 1.29 is 9.53 Å². The van der Waals surface area contributed by atoms with Crippen LogP contribution in [0.3, 0.4) is 0 Å². The summed E-state index contributed by atoms with van der Waals surface area (Å²) >= 11 is 16.3. The highest BCUT2D eigenvalue weighted by Crippen LogP contribution is 2.34. The molecule has 10 heavy (non-hydrogen) atoms. The van der Waals surface area contributed by atoms with Crippen molar-refractivity contribution in [2.45, 2.75) is 10.7 Å². The van der Waals surface area contributed by atoms with E-state index in [-0.39, 0.29) is 12.5 Å². The van der Waals surface area contributed by atoms with Gasteiger partial charge in [-0.1, -0.05) is 41.7 Å². The molecule has 0 aromatic rings. The first-order valence-corrected chi connectivity index (χ1v) is 3.67. The van der Waals surface area contributed by atoms with Gasteiger partial charge in [0.2, 0.25) is 0 Å². The Morgan fingerprint density at radius 2 is 2.10 bits per heavy atom. The maximum absolute atomic E-state index is 9.56. The molecule has 0 saturated heterocycles. The SMILES string of the molecule is CC(CO[C]=O)C(Cl)(Cl)Cl. The molecule has 0 aromatic carbocycles.